The second-order valence-electron chi connectivity index (χ2n) is 2.97. The van der Waals surface area contributed by atoms with E-state index in [9.17, 15) is 5.11 Å². The van der Waals surface area contributed by atoms with Crippen LogP contribution in [0.5, 0.6) is 0 Å². The molecule has 0 radical (unpaired) electrons. The van der Waals surface area contributed by atoms with Crippen LogP contribution >= 0.6 is 0 Å². The Hall–Kier alpha value is -0.540. The van der Waals surface area contributed by atoms with Gasteiger partial charge >= 0.3 is 0 Å². The topological polar surface area (TPSA) is 38.7 Å². The van der Waals surface area contributed by atoms with E-state index in [-0.39, 0.29) is 6.10 Å². The Labute approximate surface area is 65.6 Å². The third-order valence-electron chi connectivity index (χ3n) is 2.22. The molecular formula is C8H12O3. The number of ether oxygens (including phenoxy) is 2. The van der Waals surface area contributed by atoms with Gasteiger partial charge < -0.3 is 14.6 Å². The van der Waals surface area contributed by atoms with Crippen LogP contribution in [-0.2, 0) is 9.47 Å². The van der Waals surface area contributed by atoms with Crippen LogP contribution in [0.2, 0.25) is 0 Å². The second kappa shape index (κ2) is 2.83. The Bertz CT molecular complexity index is 182. The molecule has 0 aromatic rings. The highest BCUT2D eigenvalue weighted by atomic mass is 16.7. The first kappa shape index (κ1) is 7.13. The van der Waals surface area contributed by atoms with Crippen LogP contribution in [-0.4, -0.2) is 24.6 Å². The summed E-state index contributed by atoms with van der Waals surface area (Å²) in [4.78, 5) is 0. The van der Waals surface area contributed by atoms with Crippen LogP contribution in [0.3, 0.4) is 0 Å². The number of allylic oxidation sites excluding steroid dienone is 1. The largest absolute Gasteiger partial charge is 0.472 e. The zero-order valence-corrected chi connectivity index (χ0v) is 6.38. The Morgan fingerprint density at radius 1 is 1.45 bits per heavy atom. The third kappa shape index (κ3) is 1.26. The van der Waals surface area contributed by atoms with Crippen molar-refractivity contribution in [1.29, 1.82) is 0 Å². The predicted molar refractivity (Wildman–Crippen MR) is 38.8 cm³/mol. The average molecular weight is 156 g/mol. The van der Waals surface area contributed by atoms with E-state index in [1.807, 2.05) is 0 Å². The molecule has 0 saturated carbocycles. The van der Waals surface area contributed by atoms with Gasteiger partial charge in [0.2, 0.25) is 0 Å². The van der Waals surface area contributed by atoms with E-state index in [1.54, 1.807) is 0 Å². The minimum absolute atomic E-state index is 0.320. The SMILES string of the molecule is O[C@H]1CCCC2=C1COCO2. The minimum atomic E-state index is -0.320. The first-order valence-corrected chi connectivity index (χ1v) is 3.98. The molecule has 1 heterocycles. The highest BCUT2D eigenvalue weighted by molar-refractivity contribution is 5.18. The zero-order valence-electron chi connectivity index (χ0n) is 6.38. The van der Waals surface area contributed by atoms with Gasteiger partial charge in [-0.1, -0.05) is 0 Å². The molecule has 11 heavy (non-hydrogen) atoms. The molecule has 0 fully saturated rings. The maximum absolute atomic E-state index is 9.49. The third-order valence-corrected chi connectivity index (χ3v) is 2.22. The fraction of sp³-hybridized carbons (Fsp3) is 0.750. The summed E-state index contributed by atoms with van der Waals surface area (Å²) in [6.45, 7) is 0.905. The minimum Gasteiger partial charge on any atom is -0.472 e. The number of hydrogen-bond acceptors (Lipinski definition) is 3. The molecule has 2 rings (SSSR count). The van der Waals surface area contributed by atoms with E-state index in [4.69, 9.17) is 9.47 Å². The molecule has 1 aliphatic carbocycles. The van der Waals surface area contributed by atoms with E-state index in [2.05, 4.69) is 0 Å². The quantitative estimate of drug-likeness (QED) is 0.563. The maximum atomic E-state index is 9.49. The Morgan fingerprint density at radius 2 is 2.36 bits per heavy atom. The van der Waals surface area contributed by atoms with Crippen molar-refractivity contribution in [2.24, 2.45) is 0 Å². The molecule has 0 aromatic heterocycles. The van der Waals surface area contributed by atoms with Gasteiger partial charge in [0, 0.05) is 12.0 Å². The molecule has 3 heteroatoms. The fourth-order valence-corrected chi connectivity index (χ4v) is 1.58. The summed E-state index contributed by atoms with van der Waals surface area (Å²) in [7, 11) is 0. The van der Waals surface area contributed by atoms with Crippen LogP contribution in [0.4, 0.5) is 0 Å². The molecule has 1 atom stereocenters. The van der Waals surface area contributed by atoms with Crippen LogP contribution < -0.4 is 0 Å². The Balaban J connectivity index is 2.21. The molecule has 1 N–H and O–H groups in total. The Kier molecular flexibility index (Phi) is 1.84. The summed E-state index contributed by atoms with van der Waals surface area (Å²) in [6, 6.07) is 0. The maximum Gasteiger partial charge on any atom is 0.188 e. The number of aliphatic hydroxyl groups is 1. The lowest BCUT2D eigenvalue weighted by Gasteiger charge is -2.28. The molecule has 1 aliphatic heterocycles. The monoisotopic (exact) mass is 156 g/mol. The van der Waals surface area contributed by atoms with Crippen molar-refractivity contribution in [3.8, 4) is 0 Å². The first-order chi connectivity index (χ1) is 5.38. The van der Waals surface area contributed by atoms with Crippen molar-refractivity contribution < 1.29 is 14.6 Å². The van der Waals surface area contributed by atoms with Crippen LogP contribution in [0, 0.1) is 0 Å². The lowest BCUT2D eigenvalue weighted by molar-refractivity contribution is -0.0536. The summed E-state index contributed by atoms with van der Waals surface area (Å²) in [6.07, 6.45) is 2.53. The van der Waals surface area contributed by atoms with Crippen molar-refractivity contribution in [2.75, 3.05) is 13.4 Å². The number of hydrogen-bond donors (Lipinski definition) is 1. The van der Waals surface area contributed by atoms with E-state index in [0.29, 0.717) is 13.4 Å². The average Bonchev–Trinajstić information content (AvgIpc) is 2.06. The predicted octanol–water partition coefficient (Wildman–Crippen LogP) is 0.790. The highest BCUT2D eigenvalue weighted by Crippen LogP contribution is 2.28. The molecule has 2 aliphatic rings. The van der Waals surface area contributed by atoms with Crippen molar-refractivity contribution in [3.63, 3.8) is 0 Å². The van der Waals surface area contributed by atoms with Crippen molar-refractivity contribution in [1.82, 2.24) is 0 Å². The fourth-order valence-electron chi connectivity index (χ4n) is 1.58. The molecule has 0 bridgehead atoms. The van der Waals surface area contributed by atoms with Gasteiger partial charge in [0.1, 0.15) is 5.76 Å². The molecule has 0 spiro atoms. The van der Waals surface area contributed by atoms with Gasteiger partial charge in [0.15, 0.2) is 6.79 Å². The van der Waals surface area contributed by atoms with Gasteiger partial charge in [-0.15, -0.1) is 0 Å². The zero-order chi connectivity index (χ0) is 7.68. The summed E-state index contributed by atoms with van der Waals surface area (Å²) < 4.78 is 10.3. The molecule has 62 valence electrons. The van der Waals surface area contributed by atoms with Crippen LogP contribution in [0.25, 0.3) is 0 Å². The molecule has 3 nitrogen and oxygen atoms in total. The Morgan fingerprint density at radius 3 is 3.18 bits per heavy atom. The lowest BCUT2D eigenvalue weighted by Crippen LogP contribution is -2.26. The second-order valence-corrected chi connectivity index (χ2v) is 2.97. The van der Waals surface area contributed by atoms with Gasteiger partial charge in [-0.25, -0.2) is 0 Å². The number of rotatable bonds is 0. The summed E-state index contributed by atoms with van der Waals surface area (Å²) in [5.41, 5.74) is 0.961. The van der Waals surface area contributed by atoms with Crippen molar-refractivity contribution in [2.45, 2.75) is 25.4 Å². The summed E-state index contributed by atoms with van der Waals surface area (Å²) in [5, 5.41) is 9.49. The van der Waals surface area contributed by atoms with Crippen LogP contribution in [0.15, 0.2) is 11.3 Å². The van der Waals surface area contributed by atoms with Crippen molar-refractivity contribution >= 4 is 0 Å². The first-order valence-electron chi connectivity index (χ1n) is 3.98. The van der Waals surface area contributed by atoms with Gasteiger partial charge in [-0.3, -0.25) is 0 Å². The smallest absolute Gasteiger partial charge is 0.188 e. The van der Waals surface area contributed by atoms with Gasteiger partial charge in [-0.05, 0) is 12.8 Å². The number of aliphatic hydroxyl groups excluding tert-OH is 1. The van der Waals surface area contributed by atoms with E-state index >= 15 is 0 Å². The van der Waals surface area contributed by atoms with Gasteiger partial charge in [0.25, 0.3) is 0 Å². The van der Waals surface area contributed by atoms with E-state index in [1.165, 1.54) is 0 Å². The van der Waals surface area contributed by atoms with Crippen molar-refractivity contribution in [3.05, 3.63) is 11.3 Å². The standard InChI is InChI=1S/C8H12O3/c9-7-2-1-3-8-6(7)4-10-5-11-8/h7,9H,1-5H2/t7-/m0/s1. The van der Waals surface area contributed by atoms with E-state index in [0.717, 1.165) is 30.6 Å². The lowest BCUT2D eigenvalue weighted by atomic mass is 9.95. The molecular weight excluding hydrogens is 144 g/mol. The van der Waals surface area contributed by atoms with E-state index < -0.39 is 0 Å². The molecule has 0 saturated heterocycles. The summed E-state index contributed by atoms with van der Waals surface area (Å²) in [5.74, 6) is 0.968. The van der Waals surface area contributed by atoms with Gasteiger partial charge in [0.05, 0.1) is 12.7 Å². The molecule has 0 amide bonds. The normalized spacial score (nSPS) is 31.2. The highest BCUT2D eigenvalue weighted by Gasteiger charge is 2.24. The molecule has 0 aromatic carbocycles. The summed E-state index contributed by atoms with van der Waals surface area (Å²) >= 11 is 0. The van der Waals surface area contributed by atoms with Crippen LogP contribution in [0.1, 0.15) is 19.3 Å². The molecule has 0 unspecified atom stereocenters. The van der Waals surface area contributed by atoms with Gasteiger partial charge in [-0.2, -0.15) is 0 Å².